The molecule has 0 aliphatic heterocycles. The minimum Gasteiger partial charge on any atom is -0.316 e. The first-order valence-electron chi connectivity index (χ1n) is 9.09. The van der Waals surface area contributed by atoms with Crippen LogP contribution in [0.1, 0.15) is 20.9 Å². The van der Waals surface area contributed by atoms with E-state index >= 15 is 0 Å². The van der Waals surface area contributed by atoms with Crippen molar-refractivity contribution in [2.24, 2.45) is 5.10 Å². The molecule has 0 spiro atoms. The van der Waals surface area contributed by atoms with Crippen LogP contribution in [0.3, 0.4) is 0 Å². The molecule has 11 heteroatoms. The lowest BCUT2D eigenvalue weighted by Gasteiger charge is -2.10. The van der Waals surface area contributed by atoms with Gasteiger partial charge in [-0.05, 0) is 42.5 Å². The summed E-state index contributed by atoms with van der Waals surface area (Å²) >= 11 is 1.16. The second-order valence-corrected chi connectivity index (χ2v) is 7.72. The summed E-state index contributed by atoms with van der Waals surface area (Å²) in [5, 5.41) is 15.4. The molecule has 2 aromatic carbocycles. The van der Waals surface area contributed by atoms with Crippen molar-refractivity contribution in [1.29, 1.82) is 0 Å². The van der Waals surface area contributed by atoms with Crippen LogP contribution in [-0.4, -0.2) is 21.6 Å². The Labute approximate surface area is 182 Å². The van der Waals surface area contributed by atoms with Gasteiger partial charge in [0.15, 0.2) is 0 Å². The molecular formula is C21H13F3N4O3S. The Morgan fingerprint density at radius 2 is 1.94 bits per heavy atom. The van der Waals surface area contributed by atoms with Gasteiger partial charge < -0.3 is 4.57 Å². The average molecular weight is 458 g/mol. The van der Waals surface area contributed by atoms with E-state index < -0.39 is 22.6 Å². The van der Waals surface area contributed by atoms with Crippen molar-refractivity contribution in [2.45, 2.75) is 6.18 Å². The molecule has 0 unspecified atom stereocenters. The number of nitro groups is 1. The molecule has 0 saturated carbocycles. The quantitative estimate of drug-likeness (QED) is 0.247. The first-order valence-corrected chi connectivity index (χ1v) is 9.90. The maximum Gasteiger partial charge on any atom is 0.416 e. The summed E-state index contributed by atoms with van der Waals surface area (Å²) in [5.41, 5.74) is 2.27. The number of carbonyl (C=O) groups excluding carboxylic acids is 1. The van der Waals surface area contributed by atoms with Gasteiger partial charge >= 0.3 is 6.18 Å². The molecule has 0 bridgehead atoms. The van der Waals surface area contributed by atoms with E-state index in [2.05, 4.69) is 10.5 Å². The molecule has 1 amide bonds. The molecule has 2 aromatic heterocycles. The predicted molar refractivity (Wildman–Crippen MR) is 114 cm³/mol. The van der Waals surface area contributed by atoms with Crippen LogP contribution >= 0.6 is 11.3 Å². The molecule has 4 rings (SSSR count). The van der Waals surface area contributed by atoms with E-state index in [1.165, 1.54) is 41.1 Å². The third-order valence-corrected chi connectivity index (χ3v) is 5.64. The SMILES string of the molecule is O=C(NN=Cc1cccn1-c1cccc(C(F)(F)F)c1)c1cc2cc([N+](=O)[O-])ccc2s1. The van der Waals surface area contributed by atoms with E-state index in [4.69, 9.17) is 0 Å². The summed E-state index contributed by atoms with van der Waals surface area (Å²) in [6.45, 7) is 0. The lowest BCUT2D eigenvalue weighted by Crippen LogP contribution is -2.16. The summed E-state index contributed by atoms with van der Waals surface area (Å²) < 4.78 is 41.2. The first kappa shape index (κ1) is 21.2. The van der Waals surface area contributed by atoms with Crippen molar-refractivity contribution in [2.75, 3.05) is 0 Å². The number of fused-ring (bicyclic) bond motifs is 1. The summed E-state index contributed by atoms with van der Waals surface area (Å²) in [7, 11) is 0. The minimum absolute atomic E-state index is 0.0735. The number of nitrogens with one attached hydrogen (secondary N) is 1. The van der Waals surface area contributed by atoms with Crippen molar-refractivity contribution in [3.05, 3.63) is 93.1 Å². The van der Waals surface area contributed by atoms with E-state index in [0.29, 0.717) is 26.3 Å². The molecule has 0 aliphatic carbocycles. The van der Waals surface area contributed by atoms with Crippen LogP contribution in [0, 0.1) is 10.1 Å². The molecule has 0 fully saturated rings. The third-order valence-electron chi connectivity index (χ3n) is 4.53. The number of alkyl halides is 3. The molecule has 7 nitrogen and oxygen atoms in total. The average Bonchev–Trinajstić information content (AvgIpc) is 3.39. The molecule has 0 atom stereocenters. The molecule has 1 N–H and O–H groups in total. The van der Waals surface area contributed by atoms with Gasteiger partial charge in [-0.2, -0.15) is 18.3 Å². The lowest BCUT2D eigenvalue weighted by atomic mass is 10.2. The summed E-state index contributed by atoms with van der Waals surface area (Å²) in [4.78, 5) is 23.1. The first-order chi connectivity index (χ1) is 15.2. The number of amides is 1. The minimum atomic E-state index is -4.46. The second-order valence-electron chi connectivity index (χ2n) is 6.64. The Morgan fingerprint density at radius 3 is 2.69 bits per heavy atom. The van der Waals surface area contributed by atoms with Crippen molar-refractivity contribution in [3.8, 4) is 5.69 Å². The standard InChI is InChI=1S/C21H13F3N4O3S/c22-21(23,24)14-3-1-4-15(11-14)27-8-2-5-17(27)12-25-26-20(29)19-10-13-9-16(28(30)31)6-7-18(13)32-19/h1-12H,(H,26,29). The van der Waals surface area contributed by atoms with Gasteiger partial charge in [0.1, 0.15) is 0 Å². The van der Waals surface area contributed by atoms with Crippen LogP contribution < -0.4 is 5.43 Å². The van der Waals surface area contributed by atoms with Gasteiger partial charge in [0.05, 0.1) is 27.3 Å². The van der Waals surface area contributed by atoms with Gasteiger partial charge in [-0.25, -0.2) is 5.43 Å². The van der Waals surface area contributed by atoms with E-state index in [-0.39, 0.29) is 5.69 Å². The number of nitrogens with zero attached hydrogens (tertiary/aromatic N) is 3. The van der Waals surface area contributed by atoms with Gasteiger partial charge in [-0.15, -0.1) is 11.3 Å². The summed E-state index contributed by atoms with van der Waals surface area (Å²) in [5.74, 6) is -0.512. The summed E-state index contributed by atoms with van der Waals surface area (Å²) in [6.07, 6.45) is -1.57. The zero-order valence-corrected chi connectivity index (χ0v) is 16.9. The van der Waals surface area contributed by atoms with Gasteiger partial charge in [-0.1, -0.05) is 6.07 Å². The largest absolute Gasteiger partial charge is 0.416 e. The maximum absolute atomic E-state index is 13.0. The Bertz CT molecular complexity index is 1360. The number of aromatic nitrogens is 1. The fraction of sp³-hybridized carbons (Fsp3) is 0.0476. The topological polar surface area (TPSA) is 89.5 Å². The van der Waals surface area contributed by atoms with Gasteiger partial charge in [0.2, 0.25) is 0 Å². The molecule has 0 saturated heterocycles. The molecule has 162 valence electrons. The van der Waals surface area contributed by atoms with E-state index in [1.807, 2.05) is 0 Å². The number of thiophene rings is 1. The Kier molecular flexibility index (Phi) is 5.49. The van der Waals surface area contributed by atoms with Crippen molar-refractivity contribution < 1.29 is 22.9 Å². The Morgan fingerprint density at radius 1 is 1.12 bits per heavy atom. The molecular weight excluding hydrogens is 445 g/mol. The molecule has 0 radical (unpaired) electrons. The highest BCUT2D eigenvalue weighted by Crippen LogP contribution is 2.31. The molecule has 4 aromatic rings. The van der Waals surface area contributed by atoms with Gasteiger partial charge in [-0.3, -0.25) is 14.9 Å². The zero-order valence-electron chi connectivity index (χ0n) is 16.0. The number of hydrogen-bond donors (Lipinski definition) is 1. The van der Waals surface area contributed by atoms with Crippen LogP contribution in [0.2, 0.25) is 0 Å². The van der Waals surface area contributed by atoms with Gasteiger partial charge in [0, 0.05) is 34.1 Å². The van der Waals surface area contributed by atoms with Crippen molar-refractivity contribution in [1.82, 2.24) is 9.99 Å². The van der Waals surface area contributed by atoms with Crippen LogP contribution in [0.25, 0.3) is 15.8 Å². The van der Waals surface area contributed by atoms with Crippen LogP contribution in [-0.2, 0) is 6.18 Å². The Hall–Kier alpha value is -3.99. The summed E-state index contributed by atoms with van der Waals surface area (Å²) in [6, 6.07) is 14.0. The number of hydrazone groups is 1. The monoisotopic (exact) mass is 458 g/mol. The number of benzene rings is 2. The normalized spacial score (nSPS) is 11.8. The smallest absolute Gasteiger partial charge is 0.316 e. The van der Waals surface area contributed by atoms with E-state index in [1.54, 1.807) is 24.4 Å². The second kappa shape index (κ2) is 8.27. The molecule has 2 heterocycles. The Balaban J connectivity index is 1.51. The number of rotatable bonds is 5. The number of nitro benzene ring substituents is 1. The molecule has 0 aliphatic rings. The number of halogens is 3. The molecule has 32 heavy (non-hydrogen) atoms. The maximum atomic E-state index is 13.0. The fourth-order valence-corrected chi connectivity index (χ4v) is 3.97. The van der Waals surface area contributed by atoms with Crippen LogP contribution in [0.15, 0.2) is 72.0 Å². The van der Waals surface area contributed by atoms with Crippen molar-refractivity contribution in [3.63, 3.8) is 0 Å². The lowest BCUT2D eigenvalue weighted by molar-refractivity contribution is -0.384. The van der Waals surface area contributed by atoms with Crippen molar-refractivity contribution >= 4 is 39.2 Å². The third kappa shape index (κ3) is 4.37. The van der Waals surface area contributed by atoms with E-state index in [0.717, 1.165) is 23.5 Å². The van der Waals surface area contributed by atoms with Gasteiger partial charge in [0.25, 0.3) is 11.6 Å². The highest BCUT2D eigenvalue weighted by atomic mass is 32.1. The van der Waals surface area contributed by atoms with Crippen LogP contribution in [0.4, 0.5) is 18.9 Å². The fourth-order valence-electron chi connectivity index (χ4n) is 3.03. The van der Waals surface area contributed by atoms with E-state index in [9.17, 15) is 28.1 Å². The zero-order chi connectivity index (χ0) is 22.9. The highest BCUT2D eigenvalue weighted by molar-refractivity contribution is 7.20. The van der Waals surface area contributed by atoms with Crippen LogP contribution in [0.5, 0.6) is 0 Å². The number of hydrogen-bond acceptors (Lipinski definition) is 5. The highest BCUT2D eigenvalue weighted by Gasteiger charge is 2.30. The predicted octanol–water partition coefficient (Wildman–Crippen LogP) is 5.38. The number of non-ortho nitro benzene ring substituents is 1. The number of carbonyl (C=O) groups is 1.